The van der Waals surface area contributed by atoms with E-state index in [0.717, 1.165) is 12.1 Å². The number of halogens is 3. The smallest absolute Gasteiger partial charge is 0.338 e. The Morgan fingerprint density at radius 1 is 1.20 bits per heavy atom. The molecule has 4 nitrogen and oxygen atoms in total. The molecule has 0 radical (unpaired) electrons. The van der Waals surface area contributed by atoms with Gasteiger partial charge in [0.25, 0.3) is 0 Å². The number of carboxylic acids is 1. The highest BCUT2D eigenvalue weighted by atomic mass is 35.5. The molecule has 0 unspecified atom stereocenters. The lowest BCUT2D eigenvalue weighted by Gasteiger charge is -2.11. The third-order valence-electron chi connectivity index (χ3n) is 2.57. The van der Waals surface area contributed by atoms with E-state index >= 15 is 0 Å². The second-order valence-electron chi connectivity index (χ2n) is 3.98. The summed E-state index contributed by atoms with van der Waals surface area (Å²) >= 11 is 11.6. The van der Waals surface area contributed by atoms with Crippen molar-refractivity contribution < 1.29 is 14.3 Å². The van der Waals surface area contributed by atoms with Crippen LogP contribution in [0.2, 0.25) is 10.0 Å². The van der Waals surface area contributed by atoms with E-state index in [1.807, 2.05) is 0 Å². The third kappa shape index (κ3) is 2.95. The number of nitrogen functional groups attached to an aromatic ring is 1. The predicted octanol–water partition coefficient (Wildman–Crippen LogP) is 4.16. The molecule has 0 heterocycles. The maximum absolute atomic E-state index is 13.6. The van der Waals surface area contributed by atoms with Crippen LogP contribution in [0, 0.1) is 5.82 Å². The van der Waals surface area contributed by atoms with Crippen LogP contribution in [-0.4, -0.2) is 11.1 Å². The van der Waals surface area contributed by atoms with Crippen LogP contribution in [0.4, 0.5) is 21.5 Å². The van der Waals surface area contributed by atoms with Gasteiger partial charge in [0.2, 0.25) is 0 Å². The van der Waals surface area contributed by atoms with Crippen LogP contribution in [0.5, 0.6) is 0 Å². The van der Waals surface area contributed by atoms with E-state index in [4.69, 9.17) is 34.0 Å². The Morgan fingerprint density at radius 2 is 1.90 bits per heavy atom. The van der Waals surface area contributed by atoms with E-state index in [1.165, 1.54) is 0 Å². The number of hydrogen-bond donors (Lipinski definition) is 3. The number of carboxylic acid groups (broad SMARTS) is 1. The molecule has 4 N–H and O–H groups in total. The van der Waals surface area contributed by atoms with Gasteiger partial charge in [-0.3, -0.25) is 0 Å². The Bertz CT molecular complexity index is 692. The molecule has 0 amide bonds. The van der Waals surface area contributed by atoms with Crippen LogP contribution in [0.15, 0.2) is 30.3 Å². The van der Waals surface area contributed by atoms with Crippen LogP contribution in [-0.2, 0) is 0 Å². The lowest BCUT2D eigenvalue weighted by molar-refractivity contribution is 0.0692. The van der Waals surface area contributed by atoms with Crippen LogP contribution < -0.4 is 11.1 Å². The van der Waals surface area contributed by atoms with Gasteiger partial charge >= 0.3 is 5.97 Å². The normalized spacial score (nSPS) is 10.3. The molecule has 2 aromatic rings. The fourth-order valence-electron chi connectivity index (χ4n) is 1.59. The monoisotopic (exact) mass is 314 g/mol. The number of carbonyl (C=O) groups is 1. The van der Waals surface area contributed by atoms with Crippen molar-refractivity contribution in [2.75, 3.05) is 11.1 Å². The van der Waals surface area contributed by atoms with Crippen molar-refractivity contribution >= 4 is 46.2 Å². The Kier molecular flexibility index (Phi) is 4.01. The Morgan fingerprint density at radius 3 is 2.50 bits per heavy atom. The summed E-state index contributed by atoms with van der Waals surface area (Å²) in [5.74, 6) is -2.26. The van der Waals surface area contributed by atoms with Gasteiger partial charge in [-0.1, -0.05) is 23.2 Å². The molecule has 7 heteroatoms. The van der Waals surface area contributed by atoms with Gasteiger partial charge in [-0.2, -0.15) is 0 Å². The van der Waals surface area contributed by atoms with Gasteiger partial charge < -0.3 is 16.2 Å². The molecule has 20 heavy (non-hydrogen) atoms. The number of aromatic carboxylic acids is 1. The van der Waals surface area contributed by atoms with Gasteiger partial charge in [0.1, 0.15) is 5.82 Å². The molecule has 0 fully saturated rings. The summed E-state index contributed by atoms with van der Waals surface area (Å²) in [6.45, 7) is 0. The first kappa shape index (κ1) is 14.4. The lowest BCUT2D eigenvalue weighted by Crippen LogP contribution is -2.05. The van der Waals surface area contributed by atoms with E-state index in [1.54, 1.807) is 18.2 Å². The molecule has 0 spiro atoms. The zero-order valence-corrected chi connectivity index (χ0v) is 11.5. The molecule has 0 aliphatic rings. The number of nitrogens with one attached hydrogen (secondary N) is 1. The van der Waals surface area contributed by atoms with Gasteiger partial charge in [-0.25, -0.2) is 9.18 Å². The maximum atomic E-state index is 13.6. The van der Waals surface area contributed by atoms with Crippen molar-refractivity contribution in [3.05, 3.63) is 51.8 Å². The Hall–Kier alpha value is -1.98. The van der Waals surface area contributed by atoms with Crippen molar-refractivity contribution in [1.29, 1.82) is 0 Å². The minimum absolute atomic E-state index is 0.106. The number of nitrogens with two attached hydrogens (primary N) is 1. The summed E-state index contributed by atoms with van der Waals surface area (Å²) in [5, 5.41) is 12.4. The molecule has 0 aliphatic carbocycles. The fraction of sp³-hybridized carbons (Fsp3) is 0. The molecule has 104 valence electrons. The zero-order chi connectivity index (χ0) is 14.9. The Labute approximate surface area is 123 Å². The van der Waals surface area contributed by atoms with Crippen LogP contribution >= 0.6 is 23.2 Å². The van der Waals surface area contributed by atoms with E-state index in [9.17, 15) is 9.18 Å². The Balaban J connectivity index is 2.36. The first-order chi connectivity index (χ1) is 9.38. The molecule has 0 aliphatic heterocycles. The van der Waals surface area contributed by atoms with Crippen LogP contribution in [0.3, 0.4) is 0 Å². The molecule has 0 aromatic heterocycles. The third-order valence-corrected chi connectivity index (χ3v) is 3.31. The summed E-state index contributed by atoms with van der Waals surface area (Å²) in [6.07, 6.45) is 0. The first-order valence-corrected chi connectivity index (χ1v) is 6.18. The van der Waals surface area contributed by atoms with Crippen molar-refractivity contribution in [3.8, 4) is 0 Å². The SMILES string of the molecule is Nc1cc(C(=O)O)c(F)cc1Nc1ccc(Cl)c(Cl)c1. The first-order valence-electron chi connectivity index (χ1n) is 5.43. The number of hydrogen-bond acceptors (Lipinski definition) is 3. The quantitative estimate of drug-likeness (QED) is 0.744. The van der Waals surface area contributed by atoms with Crippen LogP contribution in [0.25, 0.3) is 0 Å². The second-order valence-corrected chi connectivity index (χ2v) is 4.79. The molecular formula is C13H9Cl2FN2O2. The summed E-state index contributed by atoms with van der Waals surface area (Å²) in [5.41, 5.74) is 6.11. The van der Waals surface area contributed by atoms with Gasteiger partial charge in [-0.15, -0.1) is 0 Å². The number of benzene rings is 2. The van der Waals surface area contributed by atoms with Crippen LogP contribution in [0.1, 0.15) is 10.4 Å². The summed E-state index contributed by atoms with van der Waals surface area (Å²) < 4.78 is 13.6. The highest BCUT2D eigenvalue weighted by molar-refractivity contribution is 6.42. The van der Waals surface area contributed by atoms with Crippen molar-refractivity contribution in [3.63, 3.8) is 0 Å². The summed E-state index contributed by atoms with van der Waals surface area (Å²) in [7, 11) is 0. The maximum Gasteiger partial charge on any atom is 0.338 e. The molecule has 2 aromatic carbocycles. The standard InChI is InChI=1S/C13H9Cl2FN2O2/c14-8-2-1-6(3-9(8)15)18-12-5-10(16)7(13(19)20)4-11(12)17/h1-5,18H,17H2,(H,19,20). The molecule has 2 rings (SSSR count). The summed E-state index contributed by atoms with van der Waals surface area (Å²) in [6, 6.07) is 6.83. The molecule has 0 saturated carbocycles. The largest absolute Gasteiger partial charge is 0.478 e. The highest BCUT2D eigenvalue weighted by Crippen LogP contribution is 2.30. The molecule has 0 bridgehead atoms. The number of rotatable bonds is 3. The molecular weight excluding hydrogens is 306 g/mol. The molecule has 0 saturated heterocycles. The number of anilines is 3. The van der Waals surface area contributed by atoms with Gasteiger partial charge in [0.15, 0.2) is 0 Å². The van der Waals surface area contributed by atoms with Crippen molar-refractivity contribution in [2.45, 2.75) is 0 Å². The lowest BCUT2D eigenvalue weighted by atomic mass is 10.1. The van der Waals surface area contributed by atoms with E-state index in [2.05, 4.69) is 5.32 Å². The second kappa shape index (κ2) is 5.56. The topological polar surface area (TPSA) is 75.4 Å². The van der Waals surface area contributed by atoms with Gasteiger partial charge in [-0.05, 0) is 24.3 Å². The summed E-state index contributed by atoms with van der Waals surface area (Å²) in [4.78, 5) is 10.8. The molecule has 0 atom stereocenters. The average molecular weight is 315 g/mol. The predicted molar refractivity (Wildman–Crippen MR) is 77.5 cm³/mol. The average Bonchev–Trinajstić information content (AvgIpc) is 2.37. The van der Waals surface area contributed by atoms with Crippen molar-refractivity contribution in [2.24, 2.45) is 0 Å². The van der Waals surface area contributed by atoms with E-state index in [-0.39, 0.29) is 11.4 Å². The minimum Gasteiger partial charge on any atom is -0.478 e. The highest BCUT2D eigenvalue weighted by Gasteiger charge is 2.14. The minimum atomic E-state index is -1.38. The van der Waals surface area contributed by atoms with E-state index in [0.29, 0.717) is 15.7 Å². The van der Waals surface area contributed by atoms with E-state index < -0.39 is 17.3 Å². The fourth-order valence-corrected chi connectivity index (χ4v) is 1.89. The van der Waals surface area contributed by atoms with Crippen molar-refractivity contribution in [1.82, 2.24) is 0 Å². The zero-order valence-electron chi connectivity index (χ0n) is 9.95. The van der Waals surface area contributed by atoms with Gasteiger partial charge in [0, 0.05) is 11.8 Å². The van der Waals surface area contributed by atoms with Gasteiger partial charge in [0.05, 0.1) is 27.0 Å².